The third-order valence-electron chi connectivity index (χ3n) is 2.89. The summed E-state index contributed by atoms with van der Waals surface area (Å²) in [6.45, 7) is 9.24. The molecular formula is C23H25F. The van der Waals surface area contributed by atoms with Gasteiger partial charge in [0.05, 0.1) is 0 Å². The number of terminal acetylenes is 1. The molecule has 0 aliphatic heterocycles. The van der Waals surface area contributed by atoms with E-state index in [0.29, 0.717) is 5.56 Å². The predicted octanol–water partition coefficient (Wildman–Crippen LogP) is 6.59. The number of benzene rings is 1. The number of halogens is 1. The van der Waals surface area contributed by atoms with E-state index in [4.69, 9.17) is 6.42 Å². The molecule has 1 rings (SSSR count). The molecule has 0 nitrogen and oxygen atoms in total. The third kappa shape index (κ3) is 9.97. The Hall–Kier alpha value is -2.85. The largest absolute Gasteiger partial charge is 0.207 e. The highest BCUT2D eigenvalue weighted by Crippen LogP contribution is 2.12. The van der Waals surface area contributed by atoms with Gasteiger partial charge in [-0.1, -0.05) is 73.2 Å². The van der Waals surface area contributed by atoms with Crippen LogP contribution < -0.4 is 0 Å². The quantitative estimate of drug-likeness (QED) is 0.424. The fraction of sp³-hybridized carbons (Fsp3) is 0.130. The zero-order valence-corrected chi connectivity index (χ0v) is 14.7. The molecule has 1 aromatic rings. The van der Waals surface area contributed by atoms with Crippen LogP contribution in [-0.4, -0.2) is 0 Å². The molecular weight excluding hydrogens is 295 g/mol. The van der Waals surface area contributed by atoms with Crippen LogP contribution in [0.25, 0.3) is 6.08 Å². The van der Waals surface area contributed by atoms with Crippen LogP contribution in [0, 0.1) is 25.1 Å². The van der Waals surface area contributed by atoms with Gasteiger partial charge in [0.2, 0.25) is 0 Å². The smallest absolute Gasteiger partial charge is 0.126 e. The van der Waals surface area contributed by atoms with E-state index >= 15 is 0 Å². The summed E-state index contributed by atoms with van der Waals surface area (Å²) >= 11 is 0. The van der Waals surface area contributed by atoms with Crippen molar-refractivity contribution in [2.24, 2.45) is 0 Å². The molecule has 1 heteroatoms. The summed E-state index contributed by atoms with van der Waals surface area (Å²) in [6.07, 6.45) is 23.7. The molecule has 0 radical (unpaired) electrons. The van der Waals surface area contributed by atoms with Crippen molar-refractivity contribution in [1.29, 1.82) is 0 Å². The first-order valence-electron chi connectivity index (χ1n) is 7.72. The van der Waals surface area contributed by atoms with E-state index in [1.807, 2.05) is 62.4 Å². The Morgan fingerprint density at radius 1 is 1.17 bits per heavy atom. The van der Waals surface area contributed by atoms with Crippen LogP contribution in [0.3, 0.4) is 0 Å². The molecule has 0 N–H and O–H groups in total. The molecule has 0 bridgehead atoms. The minimum Gasteiger partial charge on any atom is -0.207 e. The molecule has 0 aromatic heterocycles. The van der Waals surface area contributed by atoms with E-state index in [0.717, 1.165) is 11.1 Å². The molecule has 0 atom stereocenters. The lowest BCUT2D eigenvalue weighted by Crippen LogP contribution is -1.82. The van der Waals surface area contributed by atoms with E-state index in [1.54, 1.807) is 31.2 Å². The number of rotatable bonds is 5. The van der Waals surface area contributed by atoms with Crippen LogP contribution >= 0.6 is 0 Å². The molecule has 0 saturated heterocycles. The Morgan fingerprint density at radius 3 is 2.46 bits per heavy atom. The van der Waals surface area contributed by atoms with E-state index < -0.39 is 0 Å². The molecule has 124 valence electrons. The fourth-order valence-electron chi connectivity index (χ4n) is 1.66. The fourth-order valence-corrected chi connectivity index (χ4v) is 1.66. The molecule has 0 unspecified atom stereocenters. The lowest BCUT2D eigenvalue weighted by atomic mass is 10.1. The summed E-state index contributed by atoms with van der Waals surface area (Å²) in [5.74, 6) is 2.20. The van der Waals surface area contributed by atoms with Crippen LogP contribution in [0.5, 0.6) is 0 Å². The summed E-state index contributed by atoms with van der Waals surface area (Å²) in [4.78, 5) is 0. The van der Waals surface area contributed by atoms with Gasteiger partial charge in [-0.15, -0.1) is 6.42 Å². The van der Waals surface area contributed by atoms with Crippen molar-refractivity contribution in [3.05, 3.63) is 102 Å². The Morgan fingerprint density at radius 2 is 1.92 bits per heavy atom. The monoisotopic (exact) mass is 320 g/mol. The van der Waals surface area contributed by atoms with Gasteiger partial charge >= 0.3 is 0 Å². The maximum Gasteiger partial charge on any atom is 0.126 e. The Balaban J connectivity index is 0.000000561. The van der Waals surface area contributed by atoms with E-state index in [1.165, 1.54) is 6.07 Å². The highest BCUT2D eigenvalue weighted by molar-refractivity contribution is 5.55. The third-order valence-corrected chi connectivity index (χ3v) is 2.89. The summed E-state index contributed by atoms with van der Waals surface area (Å²) < 4.78 is 13.0. The van der Waals surface area contributed by atoms with Gasteiger partial charge in [0, 0.05) is 0 Å². The zero-order valence-electron chi connectivity index (χ0n) is 14.7. The molecule has 24 heavy (non-hydrogen) atoms. The van der Waals surface area contributed by atoms with Crippen molar-refractivity contribution in [2.75, 3.05) is 0 Å². The molecule has 0 fully saturated rings. The lowest BCUT2D eigenvalue weighted by molar-refractivity contribution is 0.618. The first-order valence-corrected chi connectivity index (χ1v) is 7.72. The maximum absolute atomic E-state index is 13.0. The van der Waals surface area contributed by atoms with Gasteiger partial charge in [0.15, 0.2) is 0 Å². The van der Waals surface area contributed by atoms with Crippen LogP contribution in [0.1, 0.15) is 25.0 Å². The average molecular weight is 320 g/mol. The standard InChI is InChI=1S/C15H17F.C8H8/c1-4-6-13(5-2)7-8-14-9-10-15(16)12(3)11-14;1-3-5-7-8-6-4-2/h4-11H,1-3H3;1,4-8H,2H2/b6-4-,8-7-,13-5+;7-5-,8-6+. The van der Waals surface area contributed by atoms with Crippen LogP contribution in [0.4, 0.5) is 4.39 Å². The van der Waals surface area contributed by atoms with Crippen molar-refractivity contribution in [3.8, 4) is 12.3 Å². The number of allylic oxidation sites excluding steroid dienone is 10. The summed E-state index contributed by atoms with van der Waals surface area (Å²) in [5, 5.41) is 0. The molecule has 0 aliphatic carbocycles. The van der Waals surface area contributed by atoms with Crippen LogP contribution in [0.15, 0.2) is 85.0 Å². The second-order valence-corrected chi connectivity index (χ2v) is 4.78. The van der Waals surface area contributed by atoms with E-state index in [2.05, 4.69) is 12.5 Å². The average Bonchev–Trinajstić information content (AvgIpc) is 2.59. The number of hydrogen-bond donors (Lipinski definition) is 0. The predicted molar refractivity (Wildman–Crippen MR) is 106 cm³/mol. The maximum atomic E-state index is 13.0. The van der Waals surface area contributed by atoms with Gasteiger partial charge in [-0.25, -0.2) is 4.39 Å². The molecule has 1 aromatic carbocycles. The van der Waals surface area contributed by atoms with E-state index in [-0.39, 0.29) is 5.82 Å². The van der Waals surface area contributed by atoms with Gasteiger partial charge in [-0.2, -0.15) is 0 Å². The molecule has 0 heterocycles. The Labute approximate surface area is 146 Å². The topological polar surface area (TPSA) is 0 Å². The highest BCUT2D eigenvalue weighted by atomic mass is 19.1. The first kappa shape index (κ1) is 21.1. The molecule has 0 aliphatic rings. The van der Waals surface area contributed by atoms with Crippen molar-refractivity contribution in [2.45, 2.75) is 20.8 Å². The number of aryl methyl sites for hydroxylation is 1. The zero-order chi connectivity index (χ0) is 18.2. The normalized spacial score (nSPS) is 11.9. The van der Waals surface area contributed by atoms with Gasteiger partial charge in [-0.3, -0.25) is 0 Å². The van der Waals surface area contributed by atoms with Gasteiger partial charge in [0.25, 0.3) is 0 Å². The lowest BCUT2D eigenvalue weighted by Gasteiger charge is -1.98. The number of hydrogen-bond acceptors (Lipinski definition) is 0. The van der Waals surface area contributed by atoms with Crippen molar-refractivity contribution < 1.29 is 4.39 Å². The minimum atomic E-state index is -0.156. The SMILES string of the molecule is C#C/C=C\C=C\C=C.C\C=C/C(/C=C\c1ccc(F)c(C)c1)=C\C. The van der Waals surface area contributed by atoms with Crippen molar-refractivity contribution in [1.82, 2.24) is 0 Å². The van der Waals surface area contributed by atoms with Crippen LogP contribution in [-0.2, 0) is 0 Å². The minimum absolute atomic E-state index is 0.156. The van der Waals surface area contributed by atoms with Crippen molar-refractivity contribution >= 4 is 6.08 Å². The Kier molecular flexibility index (Phi) is 12.2. The highest BCUT2D eigenvalue weighted by Gasteiger charge is 1.95. The van der Waals surface area contributed by atoms with Crippen molar-refractivity contribution in [3.63, 3.8) is 0 Å². The summed E-state index contributed by atoms with van der Waals surface area (Å²) in [7, 11) is 0. The summed E-state index contributed by atoms with van der Waals surface area (Å²) in [6, 6.07) is 5.12. The second kappa shape index (κ2) is 13.8. The molecule has 0 spiro atoms. The van der Waals surface area contributed by atoms with Gasteiger partial charge in [-0.05, 0) is 55.7 Å². The molecule has 0 saturated carbocycles. The summed E-state index contributed by atoms with van der Waals surface area (Å²) in [5.41, 5.74) is 2.84. The molecule has 0 amide bonds. The van der Waals surface area contributed by atoms with Crippen LogP contribution in [0.2, 0.25) is 0 Å². The van der Waals surface area contributed by atoms with Gasteiger partial charge in [0.1, 0.15) is 5.82 Å². The first-order chi connectivity index (χ1) is 11.6. The van der Waals surface area contributed by atoms with E-state index in [9.17, 15) is 4.39 Å². The Bertz CT molecular complexity index is 689. The second-order valence-electron chi connectivity index (χ2n) is 4.78. The van der Waals surface area contributed by atoms with Gasteiger partial charge < -0.3 is 0 Å².